The number of ether oxygens (including phenoxy) is 1. The summed E-state index contributed by atoms with van der Waals surface area (Å²) in [5.74, 6) is 0.204. The number of methoxy groups -OCH3 is 1. The molecule has 0 saturated carbocycles. The van der Waals surface area contributed by atoms with E-state index in [1.54, 1.807) is 0 Å². The second-order valence-electron chi connectivity index (χ2n) is 7.27. The number of aromatic nitrogens is 3. The Balaban J connectivity index is 1.49. The number of aryl methyl sites for hydroxylation is 1. The molecule has 0 unspecified atom stereocenters. The Morgan fingerprint density at radius 3 is 2.78 bits per heavy atom. The predicted octanol–water partition coefficient (Wildman–Crippen LogP) is 5.08. The third kappa shape index (κ3) is 4.55. The average Bonchev–Trinajstić information content (AvgIpc) is 3.38. The van der Waals surface area contributed by atoms with E-state index in [-0.39, 0.29) is 11.7 Å². The van der Waals surface area contributed by atoms with Crippen LogP contribution in [0.1, 0.15) is 40.6 Å². The van der Waals surface area contributed by atoms with E-state index < -0.39 is 5.97 Å². The summed E-state index contributed by atoms with van der Waals surface area (Å²) < 4.78 is 6.91. The maximum absolute atomic E-state index is 12.7. The van der Waals surface area contributed by atoms with E-state index in [0.717, 1.165) is 41.7 Å². The fraction of sp³-hybridized carbons (Fsp3) is 0.364. The summed E-state index contributed by atoms with van der Waals surface area (Å²) in [5.41, 5.74) is 2.32. The van der Waals surface area contributed by atoms with Crippen LogP contribution in [0.15, 0.2) is 29.4 Å². The monoisotopic (exact) mass is 490 g/mol. The summed E-state index contributed by atoms with van der Waals surface area (Å²) in [6.45, 7) is 2.63. The highest BCUT2D eigenvalue weighted by Gasteiger charge is 2.27. The number of thiophene rings is 1. The van der Waals surface area contributed by atoms with Crippen LogP contribution in [0.4, 0.5) is 5.00 Å². The molecule has 0 bridgehead atoms. The number of thioether (sulfide) groups is 1. The highest BCUT2D eigenvalue weighted by molar-refractivity contribution is 7.99. The molecule has 0 spiro atoms. The van der Waals surface area contributed by atoms with Crippen LogP contribution in [0.2, 0.25) is 5.02 Å². The summed E-state index contributed by atoms with van der Waals surface area (Å²) in [5, 5.41) is 13.3. The van der Waals surface area contributed by atoms with Gasteiger partial charge in [0.1, 0.15) is 5.00 Å². The highest BCUT2D eigenvalue weighted by Crippen LogP contribution is 2.38. The maximum atomic E-state index is 12.7. The molecule has 7 nitrogen and oxygen atoms in total. The lowest BCUT2D eigenvalue weighted by Crippen LogP contribution is -2.17. The zero-order valence-electron chi connectivity index (χ0n) is 17.8. The largest absolute Gasteiger partial charge is 0.465 e. The summed E-state index contributed by atoms with van der Waals surface area (Å²) in [6, 6.07) is 7.47. The average molecular weight is 491 g/mol. The van der Waals surface area contributed by atoms with Gasteiger partial charge in [0.15, 0.2) is 11.0 Å². The molecule has 1 N–H and O–H groups in total. The molecule has 0 aliphatic heterocycles. The third-order valence-electron chi connectivity index (χ3n) is 5.29. The lowest BCUT2D eigenvalue weighted by atomic mass is 9.95. The van der Waals surface area contributed by atoms with Gasteiger partial charge in [-0.2, -0.15) is 0 Å². The van der Waals surface area contributed by atoms with E-state index in [2.05, 4.69) is 15.5 Å². The number of esters is 1. The first-order valence-electron chi connectivity index (χ1n) is 10.4. The number of hydrogen-bond donors (Lipinski definition) is 1. The van der Waals surface area contributed by atoms with Crippen LogP contribution in [-0.2, 0) is 28.9 Å². The second kappa shape index (κ2) is 10.1. The Labute approximate surface area is 199 Å². The molecule has 0 radical (unpaired) electrons. The minimum absolute atomic E-state index is 0.143. The van der Waals surface area contributed by atoms with Gasteiger partial charge in [0, 0.05) is 17.0 Å². The Hall–Kier alpha value is -2.36. The van der Waals surface area contributed by atoms with Gasteiger partial charge >= 0.3 is 5.97 Å². The molecule has 2 heterocycles. The molecule has 10 heteroatoms. The second-order valence-corrected chi connectivity index (χ2v) is 9.73. The molecule has 0 atom stereocenters. The molecule has 1 aromatic carbocycles. The van der Waals surface area contributed by atoms with Gasteiger partial charge in [0.05, 0.1) is 23.4 Å². The number of nitrogens with one attached hydrogen (secondary N) is 1. The number of hydrogen-bond acceptors (Lipinski definition) is 7. The minimum Gasteiger partial charge on any atom is -0.465 e. The summed E-state index contributed by atoms with van der Waals surface area (Å²) in [7, 11) is 1.37. The first kappa shape index (κ1) is 22.8. The van der Waals surface area contributed by atoms with E-state index in [4.69, 9.17) is 16.3 Å². The van der Waals surface area contributed by atoms with Crippen LogP contribution in [-0.4, -0.2) is 39.5 Å². The summed E-state index contributed by atoms with van der Waals surface area (Å²) in [6.07, 6.45) is 3.90. The fourth-order valence-electron chi connectivity index (χ4n) is 3.79. The van der Waals surface area contributed by atoms with Crippen LogP contribution in [0.25, 0.3) is 11.4 Å². The normalized spacial score (nSPS) is 13.0. The standard InChI is InChI=1S/C22H23ClN4O3S2/c1-3-27-19(13-8-4-6-10-15(13)23)25-26-22(27)31-12-17(28)24-20-18(21(29)30-2)14-9-5-7-11-16(14)32-20/h4,6,8,10H,3,5,7,9,11-12H2,1-2H3,(H,24,28). The Bertz CT molecular complexity index is 1160. The first-order valence-corrected chi connectivity index (χ1v) is 12.5. The van der Waals surface area contributed by atoms with Crippen molar-refractivity contribution in [2.45, 2.75) is 44.3 Å². The van der Waals surface area contributed by atoms with Gasteiger partial charge < -0.3 is 14.6 Å². The van der Waals surface area contributed by atoms with Crippen LogP contribution < -0.4 is 5.32 Å². The number of amides is 1. The number of fused-ring (bicyclic) bond motifs is 1. The van der Waals surface area contributed by atoms with Crippen LogP contribution in [0.3, 0.4) is 0 Å². The fourth-order valence-corrected chi connectivity index (χ4v) is 6.10. The minimum atomic E-state index is -0.400. The van der Waals surface area contributed by atoms with Gasteiger partial charge in [-0.25, -0.2) is 4.79 Å². The molecule has 1 aliphatic rings. The third-order valence-corrected chi connectivity index (χ3v) is 7.80. The van der Waals surface area contributed by atoms with Crippen molar-refractivity contribution in [2.75, 3.05) is 18.2 Å². The highest BCUT2D eigenvalue weighted by atomic mass is 35.5. The van der Waals surface area contributed by atoms with E-state index >= 15 is 0 Å². The predicted molar refractivity (Wildman–Crippen MR) is 128 cm³/mol. The number of carbonyl (C=O) groups excluding carboxylic acids is 2. The molecule has 0 fully saturated rings. The summed E-state index contributed by atoms with van der Waals surface area (Å²) in [4.78, 5) is 26.3. The molecule has 3 aromatic rings. The smallest absolute Gasteiger partial charge is 0.341 e. The summed E-state index contributed by atoms with van der Waals surface area (Å²) >= 11 is 9.10. The number of halogens is 1. The van der Waals surface area contributed by atoms with Crippen molar-refractivity contribution in [3.05, 3.63) is 45.3 Å². The quantitative estimate of drug-likeness (QED) is 0.367. The number of carbonyl (C=O) groups is 2. The molecular formula is C22H23ClN4O3S2. The van der Waals surface area contributed by atoms with Crippen molar-refractivity contribution in [2.24, 2.45) is 0 Å². The van der Waals surface area contributed by atoms with Crippen LogP contribution >= 0.6 is 34.7 Å². The molecule has 2 aromatic heterocycles. The molecule has 0 saturated heterocycles. The van der Waals surface area contributed by atoms with Gasteiger partial charge in [-0.1, -0.05) is 35.5 Å². The number of benzene rings is 1. The molecule has 4 rings (SSSR count). The molecule has 1 amide bonds. The van der Waals surface area contributed by atoms with E-state index in [9.17, 15) is 9.59 Å². The van der Waals surface area contributed by atoms with Crippen molar-refractivity contribution in [1.29, 1.82) is 0 Å². The molecule has 32 heavy (non-hydrogen) atoms. The lowest BCUT2D eigenvalue weighted by Gasteiger charge is -2.11. The van der Waals surface area contributed by atoms with E-state index in [0.29, 0.717) is 33.1 Å². The number of anilines is 1. The zero-order chi connectivity index (χ0) is 22.7. The number of rotatable bonds is 7. The lowest BCUT2D eigenvalue weighted by molar-refractivity contribution is -0.113. The SMILES string of the molecule is CCn1c(SCC(=O)Nc2sc3c(c2C(=O)OC)CCCC3)nnc1-c1ccccc1Cl. The van der Waals surface area contributed by atoms with Crippen LogP contribution in [0.5, 0.6) is 0 Å². The van der Waals surface area contributed by atoms with E-state index in [1.807, 2.05) is 35.8 Å². The van der Waals surface area contributed by atoms with Crippen molar-refractivity contribution >= 4 is 51.6 Å². The van der Waals surface area contributed by atoms with Crippen molar-refractivity contribution in [1.82, 2.24) is 14.8 Å². The van der Waals surface area contributed by atoms with Gasteiger partial charge in [0.25, 0.3) is 0 Å². The topological polar surface area (TPSA) is 86.1 Å². The van der Waals surface area contributed by atoms with Gasteiger partial charge in [-0.05, 0) is 50.3 Å². The van der Waals surface area contributed by atoms with Gasteiger partial charge in [-0.15, -0.1) is 21.5 Å². The molecule has 1 aliphatic carbocycles. The van der Waals surface area contributed by atoms with Crippen molar-refractivity contribution in [3.8, 4) is 11.4 Å². The Morgan fingerprint density at radius 1 is 1.25 bits per heavy atom. The van der Waals surface area contributed by atoms with Crippen molar-refractivity contribution in [3.63, 3.8) is 0 Å². The van der Waals surface area contributed by atoms with Gasteiger partial charge in [-0.3, -0.25) is 4.79 Å². The maximum Gasteiger partial charge on any atom is 0.341 e. The van der Waals surface area contributed by atoms with Gasteiger partial charge in [0.2, 0.25) is 5.91 Å². The zero-order valence-corrected chi connectivity index (χ0v) is 20.2. The molecule has 168 valence electrons. The number of nitrogens with zero attached hydrogens (tertiary/aromatic N) is 3. The van der Waals surface area contributed by atoms with Crippen LogP contribution in [0, 0.1) is 0 Å². The van der Waals surface area contributed by atoms with Crippen molar-refractivity contribution < 1.29 is 14.3 Å². The van der Waals surface area contributed by atoms with E-state index in [1.165, 1.54) is 30.2 Å². The Morgan fingerprint density at radius 2 is 2.03 bits per heavy atom. The molecular weight excluding hydrogens is 468 g/mol. The first-order chi connectivity index (χ1) is 15.5. The Kier molecular flexibility index (Phi) is 7.17.